The average molecular weight is 488 g/mol. The van der Waals surface area contributed by atoms with Crippen molar-refractivity contribution in [3.8, 4) is 5.75 Å². The molecule has 1 aliphatic rings. The summed E-state index contributed by atoms with van der Waals surface area (Å²) in [5, 5.41) is 8.04. The van der Waals surface area contributed by atoms with Gasteiger partial charge in [0.1, 0.15) is 16.6 Å². The second-order valence-electron chi connectivity index (χ2n) is 7.09. The topological polar surface area (TPSA) is 88.8 Å². The molecule has 2 aromatic heterocycles. The average Bonchev–Trinajstić information content (AvgIpc) is 3.12. The van der Waals surface area contributed by atoms with Gasteiger partial charge in [-0.25, -0.2) is 13.4 Å². The molecule has 8 nitrogen and oxygen atoms in total. The van der Waals surface area contributed by atoms with E-state index in [1.165, 1.54) is 4.52 Å². The first-order valence-corrected chi connectivity index (χ1v) is 12.3. The number of thioether (sulfide) groups is 1. The number of halogens is 3. The number of benzene rings is 1. The van der Waals surface area contributed by atoms with E-state index in [0.29, 0.717) is 5.69 Å². The predicted octanol–water partition coefficient (Wildman–Crippen LogP) is 2.90. The standard InChI is InChI=1S/C19H20F3N5O3S2/c1-12-11-15(26-9-7-23-8-10-26)27-17(24-12)16(18(25-27)31-2)32(28,29)14-5-3-13(4-6-14)30-19(20,21)22/h3-6,11,23H,7-10H2,1-2H3. The van der Waals surface area contributed by atoms with Gasteiger partial charge in [-0.1, -0.05) is 0 Å². The molecule has 0 bridgehead atoms. The van der Waals surface area contributed by atoms with E-state index in [2.05, 4.69) is 25.0 Å². The van der Waals surface area contributed by atoms with E-state index in [1.54, 1.807) is 13.2 Å². The molecule has 0 saturated carbocycles. The monoisotopic (exact) mass is 487 g/mol. The molecular formula is C19H20F3N5O3S2. The second kappa shape index (κ2) is 8.45. The second-order valence-corrected chi connectivity index (χ2v) is 9.77. The zero-order chi connectivity index (χ0) is 23.1. The number of rotatable bonds is 5. The lowest BCUT2D eigenvalue weighted by molar-refractivity contribution is -0.274. The van der Waals surface area contributed by atoms with Gasteiger partial charge in [-0.15, -0.1) is 24.9 Å². The van der Waals surface area contributed by atoms with Gasteiger partial charge in [0.25, 0.3) is 0 Å². The van der Waals surface area contributed by atoms with Crippen molar-refractivity contribution in [2.45, 2.75) is 28.1 Å². The first-order valence-electron chi connectivity index (χ1n) is 9.61. The maximum atomic E-state index is 13.5. The molecule has 1 aromatic carbocycles. The molecule has 172 valence electrons. The van der Waals surface area contributed by atoms with Gasteiger partial charge < -0.3 is 15.0 Å². The summed E-state index contributed by atoms with van der Waals surface area (Å²) in [4.78, 5) is 6.30. The Hall–Kier alpha value is -2.51. The third kappa shape index (κ3) is 4.36. The molecule has 0 aliphatic carbocycles. The fraction of sp³-hybridized carbons (Fsp3) is 0.368. The molecule has 1 N–H and O–H groups in total. The number of alkyl halides is 3. The van der Waals surface area contributed by atoms with Crippen molar-refractivity contribution in [3.63, 3.8) is 0 Å². The molecule has 0 radical (unpaired) electrons. The maximum Gasteiger partial charge on any atom is 0.573 e. The Morgan fingerprint density at radius 2 is 1.81 bits per heavy atom. The molecular weight excluding hydrogens is 467 g/mol. The lowest BCUT2D eigenvalue weighted by Gasteiger charge is -2.29. The van der Waals surface area contributed by atoms with Gasteiger partial charge in [0.2, 0.25) is 9.84 Å². The van der Waals surface area contributed by atoms with Crippen LogP contribution in [0.2, 0.25) is 0 Å². The number of aromatic nitrogens is 3. The molecule has 0 spiro atoms. The zero-order valence-electron chi connectivity index (χ0n) is 17.2. The minimum atomic E-state index is -4.86. The third-order valence-electron chi connectivity index (χ3n) is 4.90. The van der Waals surface area contributed by atoms with Gasteiger partial charge in [0, 0.05) is 37.9 Å². The summed E-state index contributed by atoms with van der Waals surface area (Å²) in [6.45, 7) is 4.82. The Morgan fingerprint density at radius 1 is 1.16 bits per heavy atom. The van der Waals surface area contributed by atoms with Gasteiger partial charge in [-0.05, 0) is 37.4 Å². The van der Waals surface area contributed by atoms with Crippen molar-refractivity contribution < 1.29 is 26.3 Å². The molecule has 0 unspecified atom stereocenters. The Kier molecular flexibility index (Phi) is 5.98. The van der Waals surface area contributed by atoms with Crippen molar-refractivity contribution in [1.29, 1.82) is 0 Å². The molecule has 32 heavy (non-hydrogen) atoms. The van der Waals surface area contributed by atoms with Gasteiger partial charge in [0.15, 0.2) is 10.5 Å². The van der Waals surface area contributed by atoms with Crippen LogP contribution < -0.4 is 15.0 Å². The molecule has 13 heteroatoms. The van der Waals surface area contributed by atoms with Crippen LogP contribution in [-0.4, -0.2) is 61.8 Å². The van der Waals surface area contributed by atoms with E-state index >= 15 is 0 Å². The number of ether oxygens (including phenoxy) is 1. The van der Waals surface area contributed by atoms with E-state index in [9.17, 15) is 21.6 Å². The number of nitrogens with zero attached hydrogens (tertiary/aromatic N) is 4. The van der Waals surface area contributed by atoms with Crippen LogP contribution in [0.5, 0.6) is 5.75 Å². The largest absolute Gasteiger partial charge is 0.573 e. The minimum absolute atomic E-state index is 0.0745. The summed E-state index contributed by atoms with van der Waals surface area (Å²) in [5.74, 6) is 0.232. The summed E-state index contributed by atoms with van der Waals surface area (Å²) in [6.07, 6.45) is -3.16. The van der Waals surface area contributed by atoms with Crippen LogP contribution in [0.15, 0.2) is 45.1 Å². The van der Waals surface area contributed by atoms with Gasteiger partial charge in [-0.2, -0.15) is 9.61 Å². The Bertz CT molecular complexity index is 1240. The minimum Gasteiger partial charge on any atom is -0.406 e. The zero-order valence-corrected chi connectivity index (χ0v) is 18.8. The molecule has 3 heterocycles. The smallest absolute Gasteiger partial charge is 0.406 e. The summed E-state index contributed by atoms with van der Waals surface area (Å²) < 4.78 is 69.6. The molecule has 1 aliphatic heterocycles. The fourth-order valence-corrected chi connectivity index (χ4v) is 5.90. The normalized spacial score (nSPS) is 15.3. The highest BCUT2D eigenvalue weighted by Gasteiger charge is 2.33. The Labute approximate surface area is 186 Å². The number of anilines is 1. The van der Waals surface area contributed by atoms with Crippen LogP contribution in [0.4, 0.5) is 19.0 Å². The molecule has 4 rings (SSSR count). The van der Waals surface area contributed by atoms with E-state index < -0.39 is 21.9 Å². The number of hydrogen-bond donors (Lipinski definition) is 1. The number of fused-ring (bicyclic) bond motifs is 1. The highest BCUT2D eigenvalue weighted by Crippen LogP contribution is 2.35. The first kappa shape index (κ1) is 22.7. The first-order chi connectivity index (χ1) is 15.1. The summed E-state index contributed by atoms with van der Waals surface area (Å²) >= 11 is 1.16. The number of aryl methyl sites for hydroxylation is 1. The van der Waals surface area contributed by atoms with Crippen LogP contribution >= 0.6 is 11.8 Å². The lowest BCUT2D eigenvalue weighted by atomic mass is 10.3. The number of hydrogen-bond acceptors (Lipinski definition) is 8. The van der Waals surface area contributed by atoms with E-state index in [4.69, 9.17) is 0 Å². The quantitative estimate of drug-likeness (QED) is 0.550. The van der Waals surface area contributed by atoms with Crippen molar-refractivity contribution in [1.82, 2.24) is 19.9 Å². The van der Waals surface area contributed by atoms with Crippen molar-refractivity contribution in [2.24, 2.45) is 0 Å². The van der Waals surface area contributed by atoms with Crippen LogP contribution in [-0.2, 0) is 9.84 Å². The number of sulfone groups is 1. The van der Waals surface area contributed by atoms with Gasteiger partial charge in [0.05, 0.1) is 4.90 Å². The van der Waals surface area contributed by atoms with Gasteiger partial charge >= 0.3 is 6.36 Å². The van der Waals surface area contributed by atoms with E-state index in [-0.39, 0.29) is 20.5 Å². The SMILES string of the molecule is CSc1nn2c(N3CCNCC3)cc(C)nc2c1S(=O)(=O)c1ccc(OC(F)(F)F)cc1. The summed E-state index contributed by atoms with van der Waals surface area (Å²) in [6, 6.07) is 5.95. The van der Waals surface area contributed by atoms with Gasteiger partial charge in [-0.3, -0.25) is 0 Å². The third-order valence-corrected chi connectivity index (χ3v) is 7.50. The molecule has 0 amide bonds. The Morgan fingerprint density at radius 3 is 2.41 bits per heavy atom. The highest BCUT2D eigenvalue weighted by atomic mass is 32.2. The number of nitrogens with one attached hydrogen (secondary N) is 1. The molecule has 1 fully saturated rings. The molecule has 0 atom stereocenters. The molecule has 1 saturated heterocycles. The Balaban J connectivity index is 1.83. The lowest BCUT2D eigenvalue weighted by Crippen LogP contribution is -2.44. The molecule has 3 aromatic rings. The summed E-state index contributed by atoms with van der Waals surface area (Å²) in [7, 11) is -4.12. The number of piperazine rings is 1. The fourth-order valence-electron chi connectivity index (χ4n) is 3.51. The maximum absolute atomic E-state index is 13.5. The van der Waals surface area contributed by atoms with Crippen LogP contribution in [0, 0.1) is 6.92 Å². The van der Waals surface area contributed by atoms with E-state index in [1.807, 2.05) is 6.07 Å². The highest BCUT2D eigenvalue weighted by molar-refractivity contribution is 7.99. The van der Waals surface area contributed by atoms with Crippen molar-refractivity contribution in [3.05, 3.63) is 36.0 Å². The van der Waals surface area contributed by atoms with Crippen LogP contribution in [0.3, 0.4) is 0 Å². The van der Waals surface area contributed by atoms with E-state index in [0.717, 1.165) is 68.0 Å². The van der Waals surface area contributed by atoms with Crippen LogP contribution in [0.25, 0.3) is 5.65 Å². The van der Waals surface area contributed by atoms with Crippen molar-refractivity contribution in [2.75, 3.05) is 37.3 Å². The van der Waals surface area contributed by atoms with Crippen LogP contribution in [0.1, 0.15) is 5.69 Å². The van der Waals surface area contributed by atoms with Crippen molar-refractivity contribution >= 4 is 33.1 Å². The summed E-state index contributed by atoms with van der Waals surface area (Å²) in [5.41, 5.74) is 0.808. The predicted molar refractivity (Wildman–Crippen MR) is 113 cm³/mol.